The van der Waals surface area contributed by atoms with Crippen molar-refractivity contribution in [3.05, 3.63) is 48.7 Å². The number of pyridine rings is 1. The van der Waals surface area contributed by atoms with Gasteiger partial charge in [-0.05, 0) is 41.5 Å². The molecule has 2 aromatic heterocycles. The number of nitrogens with zero attached hydrogens (tertiary/aromatic N) is 3. The van der Waals surface area contributed by atoms with Gasteiger partial charge in [-0.3, -0.25) is 0 Å². The van der Waals surface area contributed by atoms with Gasteiger partial charge in [0.1, 0.15) is 11.6 Å². The third-order valence-electron chi connectivity index (χ3n) is 3.47. The predicted octanol–water partition coefficient (Wildman–Crippen LogP) is 2.96. The standard InChI is InChI=1S/C17H16N4O2/c1-18-16-6-5-14(20-21-16)13-4-3-11(9-15(13)22)12-7-8-19-17(10-12)23-2/h3-10,22H,1-2H3,(H,18,21). The maximum atomic E-state index is 10.3. The van der Waals surface area contributed by atoms with Crippen LogP contribution in [0.4, 0.5) is 5.82 Å². The Morgan fingerprint density at radius 1 is 1.00 bits per heavy atom. The Labute approximate surface area is 133 Å². The van der Waals surface area contributed by atoms with Crippen molar-refractivity contribution in [3.63, 3.8) is 0 Å². The number of methoxy groups -OCH3 is 1. The number of hydrogen-bond acceptors (Lipinski definition) is 6. The van der Waals surface area contributed by atoms with Crippen LogP contribution >= 0.6 is 0 Å². The molecule has 2 heterocycles. The minimum absolute atomic E-state index is 0.143. The molecule has 0 amide bonds. The summed E-state index contributed by atoms with van der Waals surface area (Å²) >= 11 is 0. The van der Waals surface area contributed by atoms with Crippen molar-refractivity contribution in [3.8, 4) is 34.0 Å². The number of ether oxygens (including phenoxy) is 1. The van der Waals surface area contributed by atoms with E-state index in [1.54, 1.807) is 26.4 Å². The molecule has 0 atom stereocenters. The van der Waals surface area contributed by atoms with Crippen molar-refractivity contribution in [1.82, 2.24) is 15.2 Å². The van der Waals surface area contributed by atoms with E-state index >= 15 is 0 Å². The minimum Gasteiger partial charge on any atom is -0.507 e. The SMILES string of the molecule is CNc1ccc(-c2ccc(-c3ccnc(OC)c3)cc2O)nn1. The lowest BCUT2D eigenvalue weighted by Gasteiger charge is -2.08. The van der Waals surface area contributed by atoms with E-state index in [-0.39, 0.29) is 5.75 Å². The largest absolute Gasteiger partial charge is 0.507 e. The molecule has 0 radical (unpaired) electrons. The molecule has 3 aromatic rings. The first kappa shape index (κ1) is 14.8. The molecule has 0 aliphatic rings. The number of aromatic hydroxyl groups is 1. The fraction of sp³-hybridized carbons (Fsp3) is 0.118. The summed E-state index contributed by atoms with van der Waals surface area (Å²) in [5, 5.41) is 21.4. The van der Waals surface area contributed by atoms with E-state index in [1.807, 2.05) is 36.4 Å². The number of phenolic OH excluding ortho intramolecular Hbond substituents is 1. The maximum Gasteiger partial charge on any atom is 0.213 e. The zero-order chi connectivity index (χ0) is 16.2. The van der Waals surface area contributed by atoms with Gasteiger partial charge in [-0.2, -0.15) is 0 Å². The third-order valence-corrected chi connectivity index (χ3v) is 3.47. The van der Waals surface area contributed by atoms with Gasteiger partial charge in [0.05, 0.1) is 12.8 Å². The summed E-state index contributed by atoms with van der Waals surface area (Å²) in [6.45, 7) is 0. The molecule has 0 unspecified atom stereocenters. The normalized spacial score (nSPS) is 10.3. The highest BCUT2D eigenvalue weighted by molar-refractivity contribution is 5.74. The first-order chi connectivity index (χ1) is 11.2. The zero-order valence-electron chi connectivity index (χ0n) is 12.8. The van der Waals surface area contributed by atoms with Crippen LogP contribution in [0.3, 0.4) is 0 Å². The van der Waals surface area contributed by atoms with Crippen LogP contribution in [0, 0.1) is 0 Å². The maximum absolute atomic E-state index is 10.3. The smallest absolute Gasteiger partial charge is 0.213 e. The minimum atomic E-state index is 0.143. The van der Waals surface area contributed by atoms with Crippen molar-refractivity contribution in [2.45, 2.75) is 0 Å². The van der Waals surface area contributed by atoms with E-state index in [2.05, 4.69) is 20.5 Å². The average molecular weight is 308 g/mol. The summed E-state index contributed by atoms with van der Waals surface area (Å²) < 4.78 is 5.12. The van der Waals surface area contributed by atoms with Crippen LogP contribution in [0.2, 0.25) is 0 Å². The van der Waals surface area contributed by atoms with E-state index in [9.17, 15) is 5.11 Å². The Bertz CT molecular complexity index is 819. The van der Waals surface area contributed by atoms with Crippen LogP contribution in [0.5, 0.6) is 11.6 Å². The predicted molar refractivity (Wildman–Crippen MR) is 88.5 cm³/mol. The van der Waals surface area contributed by atoms with Crippen molar-refractivity contribution >= 4 is 5.82 Å². The number of anilines is 1. The Balaban J connectivity index is 1.96. The molecule has 0 aliphatic heterocycles. The van der Waals surface area contributed by atoms with E-state index in [4.69, 9.17) is 4.74 Å². The van der Waals surface area contributed by atoms with Crippen molar-refractivity contribution < 1.29 is 9.84 Å². The Kier molecular flexibility index (Phi) is 4.05. The lowest BCUT2D eigenvalue weighted by Crippen LogP contribution is -1.95. The highest BCUT2D eigenvalue weighted by Gasteiger charge is 2.09. The van der Waals surface area contributed by atoms with Gasteiger partial charge >= 0.3 is 0 Å². The van der Waals surface area contributed by atoms with E-state index in [0.717, 1.165) is 11.1 Å². The zero-order valence-corrected chi connectivity index (χ0v) is 12.8. The number of aromatic nitrogens is 3. The quantitative estimate of drug-likeness (QED) is 0.771. The van der Waals surface area contributed by atoms with Crippen LogP contribution in [0.25, 0.3) is 22.4 Å². The lowest BCUT2D eigenvalue weighted by molar-refractivity contribution is 0.398. The number of benzene rings is 1. The summed E-state index contributed by atoms with van der Waals surface area (Å²) in [6.07, 6.45) is 1.67. The van der Waals surface area contributed by atoms with Crippen LogP contribution in [0.1, 0.15) is 0 Å². The summed E-state index contributed by atoms with van der Waals surface area (Å²) in [5.74, 6) is 1.35. The molecule has 2 N–H and O–H groups in total. The molecular formula is C17H16N4O2. The molecule has 0 bridgehead atoms. The first-order valence-corrected chi connectivity index (χ1v) is 7.06. The fourth-order valence-corrected chi connectivity index (χ4v) is 2.24. The molecule has 0 saturated heterocycles. The van der Waals surface area contributed by atoms with Crippen molar-refractivity contribution in [1.29, 1.82) is 0 Å². The highest BCUT2D eigenvalue weighted by Crippen LogP contribution is 2.33. The Morgan fingerprint density at radius 3 is 2.48 bits per heavy atom. The first-order valence-electron chi connectivity index (χ1n) is 7.06. The summed E-state index contributed by atoms with van der Waals surface area (Å²) in [7, 11) is 3.35. The summed E-state index contributed by atoms with van der Waals surface area (Å²) in [4.78, 5) is 4.08. The van der Waals surface area contributed by atoms with Crippen LogP contribution < -0.4 is 10.1 Å². The molecule has 3 rings (SSSR count). The monoisotopic (exact) mass is 308 g/mol. The molecule has 0 saturated carbocycles. The Morgan fingerprint density at radius 2 is 1.83 bits per heavy atom. The van der Waals surface area contributed by atoms with Crippen LogP contribution in [-0.2, 0) is 0 Å². The van der Waals surface area contributed by atoms with E-state index < -0.39 is 0 Å². The average Bonchev–Trinajstić information content (AvgIpc) is 2.62. The molecule has 0 fully saturated rings. The lowest BCUT2D eigenvalue weighted by atomic mass is 10.0. The van der Waals surface area contributed by atoms with Crippen molar-refractivity contribution in [2.24, 2.45) is 0 Å². The summed E-state index contributed by atoms with van der Waals surface area (Å²) in [6, 6.07) is 12.7. The number of rotatable bonds is 4. The van der Waals surface area contributed by atoms with Gasteiger partial charge in [-0.15, -0.1) is 10.2 Å². The van der Waals surface area contributed by atoms with Gasteiger partial charge in [0, 0.05) is 24.9 Å². The number of phenols is 1. The van der Waals surface area contributed by atoms with Gasteiger partial charge in [0.2, 0.25) is 5.88 Å². The molecule has 23 heavy (non-hydrogen) atoms. The van der Waals surface area contributed by atoms with Gasteiger partial charge < -0.3 is 15.2 Å². The number of hydrogen-bond donors (Lipinski definition) is 2. The van der Waals surface area contributed by atoms with Gasteiger partial charge in [-0.25, -0.2) is 4.98 Å². The van der Waals surface area contributed by atoms with Crippen molar-refractivity contribution in [2.75, 3.05) is 19.5 Å². The molecule has 116 valence electrons. The molecular weight excluding hydrogens is 292 g/mol. The topological polar surface area (TPSA) is 80.2 Å². The van der Waals surface area contributed by atoms with E-state index in [0.29, 0.717) is 23.0 Å². The highest BCUT2D eigenvalue weighted by atomic mass is 16.5. The molecule has 0 spiro atoms. The van der Waals surface area contributed by atoms with Gasteiger partial charge in [0.25, 0.3) is 0 Å². The molecule has 6 nitrogen and oxygen atoms in total. The van der Waals surface area contributed by atoms with E-state index in [1.165, 1.54) is 0 Å². The van der Waals surface area contributed by atoms with Gasteiger partial charge in [0.15, 0.2) is 0 Å². The Hall–Kier alpha value is -3.15. The molecule has 6 heteroatoms. The second kappa shape index (κ2) is 6.31. The van der Waals surface area contributed by atoms with Crippen LogP contribution in [-0.4, -0.2) is 34.4 Å². The second-order valence-electron chi connectivity index (χ2n) is 4.87. The van der Waals surface area contributed by atoms with Gasteiger partial charge in [-0.1, -0.05) is 6.07 Å². The number of nitrogens with one attached hydrogen (secondary N) is 1. The summed E-state index contributed by atoms with van der Waals surface area (Å²) in [5.41, 5.74) is 3.02. The second-order valence-corrected chi connectivity index (χ2v) is 4.87. The van der Waals surface area contributed by atoms with Crippen LogP contribution in [0.15, 0.2) is 48.7 Å². The molecule has 0 aliphatic carbocycles. The molecule has 1 aromatic carbocycles. The fourth-order valence-electron chi connectivity index (χ4n) is 2.24. The third kappa shape index (κ3) is 3.06.